The third kappa shape index (κ3) is 2.90. The van der Waals surface area contributed by atoms with Crippen molar-refractivity contribution in [3.05, 3.63) is 28.2 Å². The number of carboxylic acid groups (broad SMARTS) is 1. The number of carboxylic acids is 1. The Kier molecular flexibility index (Phi) is 4.11. The van der Waals surface area contributed by atoms with Gasteiger partial charge in [0.05, 0.1) is 11.0 Å². The minimum atomic E-state index is -0.717. The van der Waals surface area contributed by atoms with E-state index in [-0.39, 0.29) is 0 Å². The second kappa shape index (κ2) is 5.62. The molecule has 1 fully saturated rings. The highest BCUT2D eigenvalue weighted by molar-refractivity contribution is 9.10. The van der Waals surface area contributed by atoms with Crippen LogP contribution >= 0.6 is 15.9 Å². The van der Waals surface area contributed by atoms with Gasteiger partial charge < -0.3 is 10.4 Å². The summed E-state index contributed by atoms with van der Waals surface area (Å²) in [7, 11) is 0. The molecule has 1 saturated carbocycles. The van der Waals surface area contributed by atoms with Crippen molar-refractivity contribution in [3.63, 3.8) is 0 Å². The molecule has 0 aliphatic heterocycles. The average molecular weight is 323 g/mol. The Hall–Kier alpha value is -1.54. The normalized spacial score (nSPS) is 16.8. The monoisotopic (exact) mass is 322 g/mol. The van der Waals surface area contributed by atoms with Crippen molar-refractivity contribution in [2.24, 2.45) is 5.41 Å². The molecule has 2 N–H and O–H groups in total. The van der Waals surface area contributed by atoms with E-state index in [1.807, 2.05) is 6.07 Å². The fourth-order valence-corrected chi connectivity index (χ4v) is 2.97. The van der Waals surface area contributed by atoms with E-state index in [2.05, 4.69) is 27.3 Å². The Morgan fingerprint density at radius 1 is 1.47 bits per heavy atom. The second-order valence-electron chi connectivity index (χ2n) is 4.95. The molecule has 0 atom stereocenters. The van der Waals surface area contributed by atoms with E-state index in [9.17, 15) is 9.90 Å². The molecule has 0 heterocycles. The highest BCUT2D eigenvalue weighted by Gasteiger charge is 2.40. The van der Waals surface area contributed by atoms with Gasteiger partial charge in [0.15, 0.2) is 0 Å². The highest BCUT2D eigenvalue weighted by Crippen LogP contribution is 2.38. The summed E-state index contributed by atoms with van der Waals surface area (Å²) in [4.78, 5) is 11.4. The first-order valence-electron chi connectivity index (χ1n) is 6.24. The molecule has 0 spiro atoms. The predicted octanol–water partition coefficient (Wildman–Crippen LogP) is 3.38. The Morgan fingerprint density at radius 3 is 2.68 bits per heavy atom. The maximum Gasteiger partial charge on any atom is 0.311 e. The number of hydrogen-bond donors (Lipinski definition) is 2. The van der Waals surface area contributed by atoms with Gasteiger partial charge in [0.1, 0.15) is 6.07 Å². The minimum Gasteiger partial charge on any atom is -0.481 e. The first-order valence-corrected chi connectivity index (χ1v) is 7.04. The SMILES string of the molecule is N#Cc1ccc(NCC2(C(=O)O)CCCC2)cc1Br. The van der Waals surface area contributed by atoms with Gasteiger partial charge in [-0.05, 0) is 47.0 Å². The van der Waals surface area contributed by atoms with Crippen molar-refractivity contribution in [2.75, 3.05) is 11.9 Å². The molecule has 5 heteroatoms. The molecule has 19 heavy (non-hydrogen) atoms. The number of hydrogen-bond acceptors (Lipinski definition) is 3. The summed E-state index contributed by atoms with van der Waals surface area (Å²) in [5.74, 6) is -0.717. The molecule has 0 aromatic heterocycles. The van der Waals surface area contributed by atoms with Gasteiger partial charge in [-0.2, -0.15) is 5.26 Å². The van der Waals surface area contributed by atoms with Crippen LogP contribution in [0, 0.1) is 16.7 Å². The third-order valence-corrected chi connectivity index (χ3v) is 4.39. The van der Waals surface area contributed by atoms with E-state index < -0.39 is 11.4 Å². The lowest BCUT2D eigenvalue weighted by molar-refractivity contribution is -0.147. The Balaban J connectivity index is 2.08. The standard InChI is InChI=1S/C14H15BrN2O2/c15-12-7-11(4-3-10(12)8-16)17-9-14(13(18)19)5-1-2-6-14/h3-4,7,17H,1-2,5-6,9H2,(H,18,19). The molecule has 1 aromatic rings. The van der Waals surface area contributed by atoms with Crippen molar-refractivity contribution < 1.29 is 9.90 Å². The zero-order valence-electron chi connectivity index (χ0n) is 10.4. The predicted molar refractivity (Wildman–Crippen MR) is 75.9 cm³/mol. The van der Waals surface area contributed by atoms with Crippen LogP contribution in [-0.2, 0) is 4.79 Å². The van der Waals surface area contributed by atoms with Crippen LogP contribution in [0.2, 0.25) is 0 Å². The van der Waals surface area contributed by atoms with Crippen LogP contribution in [0.25, 0.3) is 0 Å². The van der Waals surface area contributed by atoms with Gasteiger partial charge >= 0.3 is 5.97 Å². The summed E-state index contributed by atoms with van der Waals surface area (Å²) < 4.78 is 0.718. The summed E-state index contributed by atoms with van der Waals surface area (Å²) in [6.07, 6.45) is 3.41. The number of halogens is 1. The fourth-order valence-electron chi connectivity index (χ4n) is 2.51. The lowest BCUT2D eigenvalue weighted by Crippen LogP contribution is -2.35. The molecule has 1 aliphatic carbocycles. The largest absolute Gasteiger partial charge is 0.481 e. The summed E-state index contributed by atoms with van der Waals surface area (Å²) in [5, 5.41) is 21.4. The summed E-state index contributed by atoms with van der Waals surface area (Å²) in [6.45, 7) is 0.431. The van der Waals surface area contributed by atoms with Crippen molar-refractivity contribution in [2.45, 2.75) is 25.7 Å². The first kappa shape index (κ1) is 13.9. The molecular weight excluding hydrogens is 308 g/mol. The molecule has 0 saturated heterocycles. The molecule has 0 amide bonds. The van der Waals surface area contributed by atoms with Crippen LogP contribution in [0.1, 0.15) is 31.2 Å². The van der Waals surface area contributed by atoms with Gasteiger partial charge in [-0.25, -0.2) is 0 Å². The van der Waals surface area contributed by atoms with Gasteiger partial charge in [-0.15, -0.1) is 0 Å². The number of nitrogens with zero attached hydrogens (tertiary/aromatic N) is 1. The number of rotatable bonds is 4. The average Bonchev–Trinajstić information content (AvgIpc) is 2.86. The molecule has 1 aliphatic rings. The van der Waals surface area contributed by atoms with Gasteiger partial charge in [-0.3, -0.25) is 4.79 Å². The van der Waals surface area contributed by atoms with Gasteiger partial charge in [0.2, 0.25) is 0 Å². The topological polar surface area (TPSA) is 73.1 Å². The van der Waals surface area contributed by atoms with Gasteiger partial charge in [0, 0.05) is 16.7 Å². The molecule has 2 rings (SSSR count). The summed E-state index contributed by atoms with van der Waals surface area (Å²) >= 11 is 3.32. The van der Waals surface area contributed by atoms with E-state index in [4.69, 9.17) is 5.26 Å². The van der Waals surface area contributed by atoms with Gasteiger partial charge in [-0.1, -0.05) is 12.8 Å². The van der Waals surface area contributed by atoms with Crippen molar-refractivity contribution >= 4 is 27.6 Å². The zero-order valence-corrected chi connectivity index (χ0v) is 12.0. The number of benzene rings is 1. The third-order valence-electron chi connectivity index (χ3n) is 3.73. The second-order valence-corrected chi connectivity index (χ2v) is 5.81. The Morgan fingerprint density at radius 2 is 2.16 bits per heavy atom. The highest BCUT2D eigenvalue weighted by atomic mass is 79.9. The lowest BCUT2D eigenvalue weighted by atomic mass is 9.86. The number of aliphatic carboxylic acids is 1. The maximum absolute atomic E-state index is 11.4. The van der Waals surface area contributed by atoms with E-state index in [1.165, 1.54) is 0 Å². The first-order chi connectivity index (χ1) is 9.07. The summed E-state index contributed by atoms with van der Waals surface area (Å²) in [5.41, 5.74) is 0.762. The maximum atomic E-state index is 11.4. The van der Waals surface area contributed by atoms with Crippen LogP contribution in [0.3, 0.4) is 0 Å². The van der Waals surface area contributed by atoms with Crippen LogP contribution in [0.4, 0.5) is 5.69 Å². The van der Waals surface area contributed by atoms with Crippen LogP contribution in [-0.4, -0.2) is 17.6 Å². The van der Waals surface area contributed by atoms with Crippen LogP contribution in [0.15, 0.2) is 22.7 Å². The molecule has 4 nitrogen and oxygen atoms in total. The smallest absolute Gasteiger partial charge is 0.311 e. The Bertz CT molecular complexity index is 531. The number of nitriles is 1. The molecule has 0 radical (unpaired) electrons. The lowest BCUT2D eigenvalue weighted by Gasteiger charge is -2.24. The van der Waals surface area contributed by atoms with Gasteiger partial charge in [0.25, 0.3) is 0 Å². The molecule has 100 valence electrons. The molecule has 0 unspecified atom stereocenters. The zero-order chi connectivity index (χ0) is 13.9. The molecule has 1 aromatic carbocycles. The quantitative estimate of drug-likeness (QED) is 0.891. The van der Waals surface area contributed by atoms with Crippen LogP contribution in [0.5, 0.6) is 0 Å². The number of nitrogens with one attached hydrogen (secondary N) is 1. The van der Waals surface area contributed by atoms with Crippen LogP contribution < -0.4 is 5.32 Å². The number of carbonyl (C=O) groups is 1. The molecular formula is C14H15BrN2O2. The van der Waals surface area contributed by atoms with Crippen molar-refractivity contribution in [1.29, 1.82) is 5.26 Å². The van der Waals surface area contributed by atoms with E-state index in [1.54, 1.807) is 12.1 Å². The summed E-state index contributed by atoms with van der Waals surface area (Å²) in [6, 6.07) is 7.40. The minimum absolute atomic E-state index is 0.431. The van der Waals surface area contributed by atoms with Crippen molar-refractivity contribution in [3.8, 4) is 6.07 Å². The fraction of sp³-hybridized carbons (Fsp3) is 0.429. The Labute approximate surface area is 120 Å². The van der Waals surface area contributed by atoms with E-state index >= 15 is 0 Å². The number of anilines is 1. The molecule has 0 bridgehead atoms. The van der Waals surface area contributed by atoms with E-state index in [0.29, 0.717) is 12.1 Å². The van der Waals surface area contributed by atoms with E-state index in [0.717, 1.165) is 35.8 Å². The van der Waals surface area contributed by atoms with Crippen molar-refractivity contribution in [1.82, 2.24) is 0 Å².